The highest BCUT2D eigenvalue weighted by Crippen LogP contribution is 2.35. The number of hydrogen-bond acceptors (Lipinski definition) is 1. The Balaban J connectivity index is 1.47. The molecule has 0 N–H and O–H groups in total. The molecule has 1 nitrogen and oxygen atoms in total. The molecule has 0 amide bonds. The summed E-state index contributed by atoms with van der Waals surface area (Å²) in [5.41, 5.74) is 0. The van der Waals surface area contributed by atoms with E-state index in [0.29, 0.717) is 5.78 Å². The third-order valence-electron chi connectivity index (χ3n) is 6.08. The van der Waals surface area contributed by atoms with Crippen molar-refractivity contribution in [3.63, 3.8) is 0 Å². The van der Waals surface area contributed by atoms with Crippen molar-refractivity contribution in [3.05, 3.63) is 12.2 Å². The number of unbranched alkanes of at least 4 members (excludes halogenated alkanes) is 1. The van der Waals surface area contributed by atoms with Crippen LogP contribution in [0.4, 0.5) is 0 Å². The molecule has 22 heavy (non-hydrogen) atoms. The maximum absolute atomic E-state index is 11.3. The lowest BCUT2D eigenvalue weighted by molar-refractivity contribution is -0.121. The molecule has 2 aliphatic carbocycles. The van der Waals surface area contributed by atoms with E-state index in [1.807, 2.05) is 0 Å². The van der Waals surface area contributed by atoms with E-state index in [1.54, 1.807) is 0 Å². The molecule has 0 heterocycles. The van der Waals surface area contributed by atoms with Crippen LogP contribution >= 0.6 is 0 Å². The van der Waals surface area contributed by atoms with Crippen molar-refractivity contribution in [2.75, 3.05) is 0 Å². The van der Waals surface area contributed by atoms with Crippen molar-refractivity contribution in [1.82, 2.24) is 0 Å². The van der Waals surface area contributed by atoms with Gasteiger partial charge >= 0.3 is 0 Å². The van der Waals surface area contributed by atoms with Gasteiger partial charge in [-0.1, -0.05) is 63.5 Å². The van der Waals surface area contributed by atoms with Crippen molar-refractivity contribution in [2.24, 2.45) is 17.8 Å². The van der Waals surface area contributed by atoms with Crippen molar-refractivity contribution in [3.8, 4) is 0 Å². The lowest BCUT2D eigenvalue weighted by atomic mass is 9.77. The van der Waals surface area contributed by atoms with Gasteiger partial charge in [-0.25, -0.2) is 0 Å². The summed E-state index contributed by atoms with van der Waals surface area (Å²) in [7, 11) is 0. The molecule has 0 radical (unpaired) electrons. The fourth-order valence-electron chi connectivity index (χ4n) is 4.46. The smallest absolute Gasteiger partial charge is 0.132 e. The van der Waals surface area contributed by atoms with Crippen LogP contribution in [0.3, 0.4) is 0 Å². The zero-order valence-electron chi connectivity index (χ0n) is 14.7. The van der Waals surface area contributed by atoms with Crippen LogP contribution in [0.15, 0.2) is 12.2 Å². The summed E-state index contributed by atoms with van der Waals surface area (Å²) in [6, 6.07) is 0. The van der Waals surface area contributed by atoms with E-state index in [4.69, 9.17) is 0 Å². The zero-order chi connectivity index (χ0) is 15.6. The third-order valence-corrected chi connectivity index (χ3v) is 6.08. The first-order valence-electron chi connectivity index (χ1n) is 9.90. The molecule has 2 saturated carbocycles. The number of allylic oxidation sites excluding steroid dienone is 2. The second-order valence-electron chi connectivity index (χ2n) is 7.80. The van der Waals surface area contributed by atoms with Crippen LogP contribution in [-0.4, -0.2) is 5.78 Å². The molecule has 0 aromatic carbocycles. The number of Topliss-reactive ketones (excluding diaryl/α,β-unsaturated/α-hetero) is 1. The summed E-state index contributed by atoms with van der Waals surface area (Å²) in [5, 5.41) is 0. The molecule has 0 bridgehead atoms. The van der Waals surface area contributed by atoms with E-state index in [9.17, 15) is 4.79 Å². The van der Waals surface area contributed by atoms with Crippen LogP contribution in [0.5, 0.6) is 0 Å². The molecule has 0 saturated heterocycles. The normalized spacial score (nSPS) is 27.6. The number of carbonyl (C=O) groups excluding carboxylic acids is 1. The number of hydrogen-bond donors (Lipinski definition) is 0. The van der Waals surface area contributed by atoms with Gasteiger partial charge in [0.25, 0.3) is 0 Å². The van der Waals surface area contributed by atoms with Crippen LogP contribution in [0.25, 0.3) is 0 Å². The lowest BCUT2D eigenvalue weighted by Gasteiger charge is -2.28. The van der Waals surface area contributed by atoms with E-state index in [0.717, 1.165) is 30.6 Å². The largest absolute Gasteiger partial charge is 0.300 e. The van der Waals surface area contributed by atoms with Crippen molar-refractivity contribution < 1.29 is 4.79 Å². The van der Waals surface area contributed by atoms with Gasteiger partial charge < -0.3 is 0 Å². The number of ketones is 1. The zero-order valence-corrected chi connectivity index (χ0v) is 14.7. The van der Waals surface area contributed by atoms with E-state index < -0.39 is 0 Å². The van der Waals surface area contributed by atoms with Crippen LogP contribution in [0.1, 0.15) is 96.8 Å². The first-order chi connectivity index (χ1) is 10.8. The number of carbonyl (C=O) groups is 1. The van der Waals surface area contributed by atoms with Gasteiger partial charge in [0.05, 0.1) is 0 Å². The molecular formula is C21H36O. The fraction of sp³-hybridized carbons (Fsp3) is 0.857. The van der Waals surface area contributed by atoms with Gasteiger partial charge in [0.2, 0.25) is 0 Å². The molecule has 0 atom stereocenters. The van der Waals surface area contributed by atoms with Crippen LogP contribution in [0, 0.1) is 17.8 Å². The van der Waals surface area contributed by atoms with Crippen molar-refractivity contribution in [2.45, 2.75) is 96.8 Å². The third kappa shape index (κ3) is 6.67. The summed E-state index contributed by atoms with van der Waals surface area (Å²) in [6.07, 6.45) is 22.9. The maximum Gasteiger partial charge on any atom is 0.132 e. The van der Waals surface area contributed by atoms with Crippen molar-refractivity contribution >= 4 is 5.78 Å². The highest BCUT2D eigenvalue weighted by Gasteiger charge is 2.21. The summed E-state index contributed by atoms with van der Waals surface area (Å²) < 4.78 is 0. The Morgan fingerprint density at radius 3 is 1.86 bits per heavy atom. The molecule has 0 aliphatic heterocycles. The standard InChI is InChI=1S/C21H36O/c1-2-3-4-7-18-10-12-19(13-11-18)8-5-6-9-20-14-16-21(22)17-15-20/h2-3,18-20H,4-17H2,1H3/b3-2+/t18-,19-. The lowest BCUT2D eigenvalue weighted by Crippen LogP contribution is -2.15. The topological polar surface area (TPSA) is 17.1 Å². The highest BCUT2D eigenvalue weighted by molar-refractivity contribution is 5.78. The predicted molar refractivity (Wildman–Crippen MR) is 94.9 cm³/mol. The van der Waals surface area contributed by atoms with Crippen molar-refractivity contribution in [1.29, 1.82) is 0 Å². The molecular weight excluding hydrogens is 268 g/mol. The second-order valence-corrected chi connectivity index (χ2v) is 7.80. The molecule has 0 aromatic rings. The Morgan fingerprint density at radius 1 is 0.818 bits per heavy atom. The van der Waals surface area contributed by atoms with Crippen LogP contribution < -0.4 is 0 Å². The van der Waals surface area contributed by atoms with Gasteiger partial charge in [-0.3, -0.25) is 4.79 Å². The Morgan fingerprint density at radius 2 is 1.32 bits per heavy atom. The Kier molecular flexibility index (Phi) is 8.26. The minimum absolute atomic E-state index is 0.502. The van der Waals surface area contributed by atoms with E-state index in [2.05, 4.69) is 19.1 Å². The quantitative estimate of drug-likeness (QED) is 0.371. The van der Waals surface area contributed by atoms with Gasteiger partial charge in [0, 0.05) is 12.8 Å². The van der Waals surface area contributed by atoms with Gasteiger partial charge in [-0.15, -0.1) is 0 Å². The highest BCUT2D eigenvalue weighted by atomic mass is 16.1. The maximum atomic E-state index is 11.3. The van der Waals surface area contributed by atoms with Gasteiger partial charge in [0.1, 0.15) is 5.78 Å². The Labute approximate surface area is 137 Å². The molecule has 1 heteroatoms. The first kappa shape index (κ1) is 17.8. The predicted octanol–water partition coefficient (Wildman–Crippen LogP) is 6.47. The summed E-state index contributed by atoms with van der Waals surface area (Å²) >= 11 is 0. The molecule has 0 spiro atoms. The average Bonchev–Trinajstić information content (AvgIpc) is 2.55. The Bertz CT molecular complexity index is 326. The summed E-state index contributed by atoms with van der Waals surface area (Å²) in [4.78, 5) is 11.3. The van der Waals surface area contributed by atoms with Gasteiger partial charge in [0.15, 0.2) is 0 Å². The minimum atomic E-state index is 0.502. The molecule has 0 unspecified atom stereocenters. The van der Waals surface area contributed by atoms with E-state index in [-0.39, 0.29) is 0 Å². The summed E-state index contributed by atoms with van der Waals surface area (Å²) in [6.45, 7) is 2.13. The molecule has 0 aromatic heterocycles. The van der Waals surface area contributed by atoms with Crippen LogP contribution in [-0.2, 0) is 4.79 Å². The monoisotopic (exact) mass is 304 g/mol. The fourth-order valence-corrected chi connectivity index (χ4v) is 4.46. The van der Waals surface area contributed by atoms with Gasteiger partial charge in [-0.2, -0.15) is 0 Å². The van der Waals surface area contributed by atoms with Gasteiger partial charge in [-0.05, 0) is 50.4 Å². The minimum Gasteiger partial charge on any atom is -0.300 e. The molecule has 2 aliphatic rings. The summed E-state index contributed by atoms with van der Waals surface area (Å²) in [5.74, 6) is 3.39. The SMILES string of the molecule is C/C=C/CC[C@H]1CC[C@H](CCCCC2CCC(=O)CC2)CC1. The van der Waals surface area contributed by atoms with Crippen LogP contribution in [0.2, 0.25) is 0 Å². The van der Waals surface area contributed by atoms with E-state index >= 15 is 0 Å². The Hall–Kier alpha value is -0.590. The first-order valence-corrected chi connectivity index (χ1v) is 9.90. The second kappa shape index (κ2) is 10.2. The average molecular weight is 305 g/mol. The number of rotatable bonds is 8. The molecule has 2 rings (SSSR count). The molecule has 126 valence electrons. The molecule has 2 fully saturated rings. The van der Waals surface area contributed by atoms with E-state index in [1.165, 1.54) is 77.0 Å².